The van der Waals surface area contributed by atoms with E-state index in [0.717, 1.165) is 19.4 Å². The molecule has 1 aliphatic heterocycles. The smallest absolute Gasteiger partial charge is 0.326 e. The molecule has 17 heavy (non-hydrogen) atoms. The summed E-state index contributed by atoms with van der Waals surface area (Å²) in [5.41, 5.74) is 0. The van der Waals surface area contributed by atoms with Gasteiger partial charge in [-0.15, -0.1) is 0 Å². The molecule has 0 aliphatic carbocycles. The number of aliphatic carboxylic acids is 1. The minimum atomic E-state index is -0.963. The van der Waals surface area contributed by atoms with Crippen LogP contribution >= 0.6 is 0 Å². The van der Waals surface area contributed by atoms with Crippen LogP contribution in [0.3, 0.4) is 0 Å². The summed E-state index contributed by atoms with van der Waals surface area (Å²) in [6.45, 7) is 6.45. The summed E-state index contributed by atoms with van der Waals surface area (Å²) in [5, 5.41) is 14.9. The number of carbonyl (C=O) groups is 2. The van der Waals surface area contributed by atoms with Crippen molar-refractivity contribution in [2.75, 3.05) is 6.54 Å². The highest BCUT2D eigenvalue weighted by molar-refractivity contribution is 5.85. The molecule has 5 heteroatoms. The van der Waals surface area contributed by atoms with E-state index in [1.807, 2.05) is 6.92 Å². The highest BCUT2D eigenvalue weighted by Gasteiger charge is 2.29. The van der Waals surface area contributed by atoms with Crippen LogP contribution in [0.2, 0.25) is 0 Å². The summed E-state index contributed by atoms with van der Waals surface area (Å²) in [4.78, 5) is 23.0. The SMILES string of the molecule is CC1CC(C(=O)NC(C(=O)O)C(C)C)CCN1. The number of hydrogen-bond acceptors (Lipinski definition) is 3. The van der Waals surface area contributed by atoms with E-state index in [9.17, 15) is 9.59 Å². The Labute approximate surface area is 102 Å². The van der Waals surface area contributed by atoms with Gasteiger partial charge in [-0.25, -0.2) is 4.79 Å². The van der Waals surface area contributed by atoms with Crippen molar-refractivity contribution in [3.05, 3.63) is 0 Å². The van der Waals surface area contributed by atoms with Crippen molar-refractivity contribution in [2.45, 2.75) is 45.7 Å². The first-order valence-electron chi connectivity index (χ1n) is 6.18. The highest BCUT2D eigenvalue weighted by atomic mass is 16.4. The predicted molar refractivity (Wildman–Crippen MR) is 64.6 cm³/mol. The van der Waals surface area contributed by atoms with Crippen LogP contribution in [0.25, 0.3) is 0 Å². The van der Waals surface area contributed by atoms with Crippen LogP contribution in [0.1, 0.15) is 33.6 Å². The molecule has 3 atom stereocenters. The van der Waals surface area contributed by atoms with Crippen molar-refractivity contribution in [3.63, 3.8) is 0 Å². The maximum Gasteiger partial charge on any atom is 0.326 e. The molecule has 0 bridgehead atoms. The maximum atomic E-state index is 12.0. The first kappa shape index (κ1) is 14.0. The van der Waals surface area contributed by atoms with Gasteiger partial charge in [0.1, 0.15) is 6.04 Å². The number of carboxylic acid groups (broad SMARTS) is 1. The minimum absolute atomic E-state index is 0.0631. The van der Waals surface area contributed by atoms with Crippen molar-refractivity contribution in [3.8, 4) is 0 Å². The number of amides is 1. The predicted octanol–water partition coefficient (Wildman–Crippen LogP) is 0.600. The maximum absolute atomic E-state index is 12.0. The summed E-state index contributed by atoms with van der Waals surface area (Å²) in [7, 11) is 0. The fraction of sp³-hybridized carbons (Fsp3) is 0.833. The summed E-state index contributed by atoms with van der Waals surface area (Å²) < 4.78 is 0. The van der Waals surface area contributed by atoms with Crippen LogP contribution in [0.15, 0.2) is 0 Å². The second-order valence-corrected chi connectivity index (χ2v) is 5.14. The van der Waals surface area contributed by atoms with Crippen molar-refractivity contribution < 1.29 is 14.7 Å². The molecule has 1 rings (SSSR count). The van der Waals surface area contributed by atoms with E-state index in [2.05, 4.69) is 10.6 Å². The Morgan fingerprint density at radius 2 is 2.06 bits per heavy atom. The molecule has 3 N–H and O–H groups in total. The highest BCUT2D eigenvalue weighted by Crippen LogP contribution is 2.16. The van der Waals surface area contributed by atoms with E-state index in [4.69, 9.17) is 5.11 Å². The van der Waals surface area contributed by atoms with E-state index < -0.39 is 12.0 Å². The standard InChI is InChI=1S/C12H22N2O3/c1-7(2)10(12(16)17)14-11(15)9-4-5-13-8(3)6-9/h7-10,13H,4-6H2,1-3H3,(H,14,15)(H,16,17). The van der Waals surface area contributed by atoms with E-state index in [0.29, 0.717) is 6.04 Å². The largest absolute Gasteiger partial charge is 0.480 e. The molecule has 1 heterocycles. The van der Waals surface area contributed by atoms with Crippen LogP contribution in [-0.4, -0.2) is 35.6 Å². The number of hydrogen-bond donors (Lipinski definition) is 3. The Morgan fingerprint density at radius 3 is 2.53 bits per heavy atom. The molecule has 3 unspecified atom stereocenters. The van der Waals surface area contributed by atoms with Crippen LogP contribution in [0.5, 0.6) is 0 Å². The fourth-order valence-corrected chi connectivity index (χ4v) is 2.15. The topological polar surface area (TPSA) is 78.4 Å². The third-order valence-electron chi connectivity index (χ3n) is 3.22. The lowest BCUT2D eigenvalue weighted by Crippen LogP contribution is -2.49. The van der Waals surface area contributed by atoms with Gasteiger partial charge in [-0.05, 0) is 32.2 Å². The molecular weight excluding hydrogens is 220 g/mol. The number of carbonyl (C=O) groups excluding carboxylic acids is 1. The zero-order valence-electron chi connectivity index (χ0n) is 10.7. The molecule has 1 fully saturated rings. The Kier molecular flexibility index (Phi) is 4.93. The molecule has 0 aromatic carbocycles. The molecule has 98 valence electrons. The van der Waals surface area contributed by atoms with Gasteiger partial charge in [0.05, 0.1) is 0 Å². The lowest BCUT2D eigenvalue weighted by Gasteiger charge is -2.28. The number of carboxylic acids is 1. The van der Waals surface area contributed by atoms with E-state index in [1.165, 1.54) is 0 Å². The zero-order chi connectivity index (χ0) is 13.0. The number of nitrogens with one attached hydrogen (secondary N) is 2. The van der Waals surface area contributed by atoms with Crippen molar-refractivity contribution in [1.82, 2.24) is 10.6 Å². The van der Waals surface area contributed by atoms with Crippen molar-refractivity contribution >= 4 is 11.9 Å². The van der Waals surface area contributed by atoms with Crippen LogP contribution < -0.4 is 10.6 Å². The second-order valence-electron chi connectivity index (χ2n) is 5.14. The Hall–Kier alpha value is -1.10. The van der Waals surface area contributed by atoms with Gasteiger partial charge in [0.15, 0.2) is 0 Å². The fourth-order valence-electron chi connectivity index (χ4n) is 2.15. The third-order valence-corrected chi connectivity index (χ3v) is 3.22. The Balaban J connectivity index is 2.54. The molecule has 0 aromatic rings. The summed E-state index contributed by atoms with van der Waals surface area (Å²) in [6.07, 6.45) is 1.55. The van der Waals surface area contributed by atoms with Gasteiger partial charge in [-0.3, -0.25) is 4.79 Å². The van der Waals surface area contributed by atoms with Crippen LogP contribution in [-0.2, 0) is 9.59 Å². The monoisotopic (exact) mass is 242 g/mol. The van der Waals surface area contributed by atoms with Gasteiger partial charge in [-0.1, -0.05) is 13.8 Å². The van der Waals surface area contributed by atoms with Gasteiger partial charge in [0.2, 0.25) is 5.91 Å². The molecule has 1 amide bonds. The number of rotatable bonds is 4. The normalized spacial score (nSPS) is 26.6. The van der Waals surface area contributed by atoms with Gasteiger partial charge < -0.3 is 15.7 Å². The van der Waals surface area contributed by atoms with Crippen molar-refractivity contribution in [2.24, 2.45) is 11.8 Å². The number of piperidine rings is 1. The van der Waals surface area contributed by atoms with Gasteiger partial charge >= 0.3 is 5.97 Å². The molecule has 0 spiro atoms. The third kappa shape index (κ3) is 4.00. The van der Waals surface area contributed by atoms with Gasteiger partial charge in [0.25, 0.3) is 0 Å². The lowest BCUT2D eigenvalue weighted by molar-refractivity contribution is -0.144. The quantitative estimate of drug-likeness (QED) is 0.674. The van der Waals surface area contributed by atoms with Gasteiger partial charge in [0, 0.05) is 12.0 Å². The molecular formula is C12H22N2O3. The zero-order valence-corrected chi connectivity index (χ0v) is 10.7. The second kappa shape index (κ2) is 6.00. The van der Waals surface area contributed by atoms with Crippen LogP contribution in [0, 0.1) is 11.8 Å². The minimum Gasteiger partial charge on any atom is -0.480 e. The summed E-state index contributed by atoms with van der Waals surface area (Å²) in [6, 6.07) is -0.463. The van der Waals surface area contributed by atoms with E-state index in [-0.39, 0.29) is 17.7 Å². The van der Waals surface area contributed by atoms with Crippen LogP contribution in [0.4, 0.5) is 0 Å². The molecule has 0 radical (unpaired) electrons. The molecule has 1 aliphatic rings. The molecule has 0 aromatic heterocycles. The molecule has 0 saturated carbocycles. The molecule has 1 saturated heterocycles. The van der Waals surface area contributed by atoms with E-state index >= 15 is 0 Å². The van der Waals surface area contributed by atoms with Gasteiger partial charge in [-0.2, -0.15) is 0 Å². The summed E-state index contributed by atoms with van der Waals surface area (Å²) in [5.74, 6) is -1.25. The first-order chi connectivity index (χ1) is 7.91. The molecule has 5 nitrogen and oxygen atoms in total. The summed E-state index contributed by atoms with van der Waals surface area (Å²) >= 11 is 0. The van der Waals surface area contributed by atoms with E-state index in [1.54, 1.807) is 13.8 Å². The lowest BCUT2D eigenvalue weighted by atomic mass is 9.91. The Morgan fingerprint density at radius 1 is 1.41 bits per heavy atom. The Bertz CT molecular complexity index is 291. The average molecular weight is 242 g/mol. The average Bonchev–Trinajstić information content (AvgIpc) is 2.24. The van der Waals surface area contributed by atoms with Crippen molar-refractivity contribution in [1.29, 1.82) is 0 Å². The first-order valence-corrected chi connectivity index (χ1v) is 6.18.